The minimum Gasteiger partial charge on any atom is -0.342 e. The number of nitrogens with zero attached hydrogens (tertiary/aromatic N) is 3. The Balaban J connectivity index is 0.000000228. The van der Waals surface area contributed by atoms with Gasteiger partial charge in [0.2, 0.25) is 0 Å². The SMILES string of the molecule is C/C=C(\C=C/CCC)N(CC)c1cc(C)c2ccc3c(C)cc(C)c4ccc1c2c34.C=C/C=C(/C#N)C=C.CCc1ccc(C(CC)c2ccc(C#N)c(C)c2)cc1. The first-order chi connectivity index (χ1) is 28.0. The van der Waals surface area contributed by atoms with E-state index in [1.165, 1.54) is 89.6 Å². The fourth-order valence-corrected chi connectivity index (χ4v) is 7.92. The summed E-state index contributed by atoms with van der Waals surface area (Å²) in [7, 11) is 0. The lowest BCUT2D eigenvalue weighted by Gasteiger charge is -2.28. The highest BCUT2D eigenvalue weighted by molar-refractivity contribution is 6.27. The van der Waals surface area contributed by atoms with Crippen molar-refractivity contribution in [3.63, 3.8) is 0 Å². The first-order valence-electron chi connectivity index (χ1n) is 20.8. The molecule has 296 valence electrons. The Hall–Kier alpha value is -6.16. The summed E-state index contributed by atoms with van der Waals surface area (Å²) in [5.74, 6) is 0.410. The van der Waals surface area contributed by atoms with E-state index in [4.69, 9.17) is 10.5 Å². The van der Waals surface area contributed by atoms with Crippen LogP contribution in [0.1, 0.15) is 104 Å². The molecular weight excluding hydrogens is 703 g/mol. The largest absolute Gasteiger partial charge is 0.342 e. The van der Waals surface area contributed by atoms with Crippen LogP contribution in [0, 0.1) is 50.4 Å². The normalized spacial score (nSPS) is 12.1. The van der Waals surface area contributed by atoms with E-state index in [9.17, 15) is 0 Å². The highest BCUT2D eigenvalue weighted by Gasteiger charge is 2.19. The summed E-state index contributed by atoms with van der Waals surface area (Å²) in [4.78, 5) is 2.46. The van der Waals surface area contributed by atoms with Crippen LogP contribution in [0.4, 0.5) is 5.69 Å². The van der Waals surface area contributed by atoms with Gasteiger partial charge in [-0.1, -0.05) is 131 Å². The van der Waals surface area contributed by atoms with Crippen molar-refractivity contribution in [2.45, 2.75) is 93.9 Å². The molecule has 6 aromatic carbocycles. The van der Waals surface area contributed by atoms with Crippen LogP contribution in [-0.4, -0.2) is 6.54 Å². The van der Waals surface area contributed by atoms with Crippen LogP contribution in [0.2, 0.25) is 0 Å². The Labute approximate surface area is 349 Å². The van der Waals surface area contributed by atoms with E-state index in [1.807, 2.05) is 19.1 Å². The van der Waals surface area contributed by atoms with Crippen LogP contribution in [0.15, 0.2) is 140 Å². The summed E-state index contributed by atoms with van der Waals surface area (Å²) < 4.78 is 0. The van der Waals surface area contributed by atoms with Gasteiger partial charge in [-0.05, 0) is 151 Å². The first-order valence-corrected chi connectivity index (χ1v) is 20.8. The number of allylic oxidation sites excluding steroid dienone is 7. The molecule has 3 nitrogen and oxygen atoms in total. The first kappa shape index (κ1) is 44.6. The third-order valence-electron chi connectivity index (χ3n) is 11.1. The minimum atomic E-state index is 0.410. The van der Waals surface area contributed by atoms with E-state index in [-0.39, 0.29) is 0 Å². The second-order valence-corrected chi connectivity index (χ2v) is 14.9. The third kappa shape index (κ3) is 10.0. The van der Waals surface area contributed by atoms with Crippen LogP contribution in [0.5, 0.6) is 0 Å². The molecule has 6 aromatic rings. The molecule has 0 aromatic heterocycles. The van der Waals surface area contributed by atoms with Gasteiger partial charge in [0.1, 0.15) is 0 Å². The Kier molecular flexibility index (Phi) is 16.4. The van der Waals surface area contributed by atoms with Crippen LogP contribution in [-0.2, 0) is 6.42 Å². The molecule has 0 spiro atoms. The van der Waals surface area contributed by atoms with E-state index in [0.29, 0.717) is 11.5 Å². The number of unbranched alkanes of at least 4 members (excludes halogenated alkanes) is 1. The number of nitriles is 2. The molecule has 0 aliphatic heterocycles. The number of likely N-dealkylation sites (N-methyl/N-ethyl adjacent to an activating group) is 1. The quantitative estimate of drug-likeness (QED) is 0.0708. The highest BCUT2D eigenvalue weighted by atomic mass is 15.1. The van der Waals surface area contributed by atoms with E-state index < -0.39 is 0 Å². The van der Waals surface area contributed by atoms with Crippen LogP contribution in [0.25, 0.3) is 32.3 Å². The number of hydrogen-bond acceptors (Lipinski definition) is 3. The molecule has 0 heterocycles. The van der Waals surface area contributed by atoms with Gasteiger partial charge in [-0.2, -0.15) is 10.5 Å². The predicted molar refractivity (Wildman–Crippen MR) is 253 cm³/mol. The number of benzene rings is 6. The fraction of sp³-hybridized carbons (Fsp3) is 0.273. The maximum absolute atomic E-state index is 9.03. The lowest BCUT2D eigenvalue weighted by molar-refractivity contribution is 0.775. The molecule has 0 saturated carbocycles. The summed E-state index contributed by atoms with van der Waals surface area (Å²) in [6, 6.07) is 33.2. The van der Waals surface area contributed by atoms with Crippen molar-refractivity contribution in [3.8, 4) is 12.1 Å². The van der Waals surface area contributed by atoms with Gasteiger partial charge in [0.15, 0.2) is 0 Å². The summed E-state index contributed by atoms with van der Waals surface area (Å²) in [5, 5.41) is 25.6. The van der Waals surface area contributed by atoms with Crippen molar-refractivity contribution in [1.29, 1.82) is 10.5 Å². The maximum atomic E-state index is 9.03. The van der Waals surface area contributed by atoms with Gasteiger partial charge in [0.25, 0.3) is 0 Å². The number of hydrogen-bond donors (Lipinski definition) is 0. The average Bonchev–Trinajstić information content (AvgIpc) is 3.24. The molecular formula is C55H61N3. The Bertz CT molecular complexity index is 2510. The van der Waals surface area contributed by atoms with Crippen LogP contribution >= 0.6 is 0 Å². The lowest BCUT2D eigenvalue weighted by Crippen LogP contribution is -2.21. The van der Waals surface area contributed by atoms with E-state index >= 15 is 0 Å². The molecule has 0 saturated heterocycles. The molecule has 58 heavy (non-hydrogen) atoms. The van der Waals surface area contributed by atoms with Crippen molar-refractivity contribution < 1.29 is 0 Å². The number of rotatable bonds is 12. The average molecular weight is 764 g/mol. The zero-order valence-electron chi connectivity index (χ0n) is 36.3. The monoisotopic (exact) mass is 763 g/mol. The van der Waals surface area contributed by atoms with Crippen molar-refractivity contribution in [2.75, 3.05) is 11.4 Å². The van der Waals surface area contributed by atoms with Crippen molar-refractivity contribution in [3.05, 3.63) is 184 Å². The molecule has 6 rings (SSSR count). The van der Waals surface area contributed by atoms with Gasteiger partial charge in [0.05, 0.1) is 23.3 Å². The summed E-state index contributed by atoms with van der Waals surface area (Å²) in [5.41, 5.74) is 13.1. The molecule has 1 unspecified atom stereocenters. The topological polar surface area (TPSA) is 50.8 Å². The van der Waals surface area contributed by atoms with Crippen molar-refractivity contribution >= 4 is 38.0 Å². The maximum Gasteiger partial charge on any atom is 0.0994 e. The second-order valence-electron chi connectivity index (χ2n) is 14.9. The summed E-state index contributed by atoms with van der Waals surface area (Å²) in [6.07, 6.45) is 15.9. The lowest BCUT2D eigenvalue weighted by atomic mass is 9.87. The zero-order valence-corrected chi connectivity index (χ0v) is 36.3. The van der Waals surface area contributed by atoms with Gasteiger partial charge in [-0.3, -0.25) is 0 Å². The number of anilines is 1. The zero-order chi connectivity index (χ0) is 42.4. The van der Waals surface area contributed by atoms with Gasteiger partial charge in [-0.25, -0.2) is 0 Å². The molecule has 0 aliphatic rings. The second kappa shape index (κ2) is 21.4. The van der Waals surface area contributed by atoms with E-state index in [0.717, 1.165) is 36.9 Å². The third-order valence-corrected chi connectivity index (χ3v) is 11.1. The van der Waals surface area contributed by atoms with Gasteiger partial charge < -0.3 is 4.90 Å². The predicted octanol–water partition coefficient (Wildman–Crippen LogP) is 15.4. The fourth-order valence-electron chi connectivity index (χ4n) is 7.92. The Morgan fingerprint density at radius 3 is 1.78 bits per heavy atom. The molecule has 0 amide bonds. The molecule has 0 radical (unpaired) electrons. The van der Waals surface area contributed by atoms with Crippen LogP contribution < -0.4 is 4.90 Å². The van der Waals surface area contributed by atoms with E-state index in [2.05, 4.69) is 171 Å². The molecule has 0 aliphatic carbocycles. The van der Waals surface area contributed by atoms with Crippen molar-refractivity contribution in [2.24, 2.45) is 0 Å². The highest BCUT2D eigenvalue weighted by Crippen LogP contribution is 2.43. The molecule has 1 atom stereocenters. The molecule has 0 fully saturated rings. The Morgan fingerprint density at radius 2 is 1.31 bits per heavy atom. The number of aryl methyl sites for hydroxylation is 5. The molecule has 0 bridgehead atoms. The van der Waals surface area contributed by atoms with Gasteiger partial charge >= 0.3 is 0 Å². The molecule has 0 N–H and O–H groups in total. The summed E-state index contributed by atoms with van der Waals surface area (Å²) >= 11 is 0. The smallest absolute Gasteiger partial charge is 0.0994 e. The van der Waals surface area contributed by atoms with Gasteiger partial charge in [-0.15, -0.1) is 0 Å². The minimum absolute atomic E-state index is 0.410. The van der Waals surface area contributed by atoms with E-state index in [1.54, 1.807) is 12.2 Å². The standard InChI is InChI=1S/C29H33N.C19H21N.C7H7N/c1-7-10-11-12-22(8-2)30(9-3)27-18-21(6)25-14-13-23-19(4)17-20(5)24-15-16-26(27)29(25)28(23)24;1-4-15-6-8-16(9-7-15)19(5-2)17-10-11-18(13-20)14(3)12-17;1-3-5-7(4-2)6-8/h8,11-18H,7,9-10H2,1-6H3;6-12,19H,4-5H2,1-3H3;3-5H,1-2H2/b12-11-,22-8+;;7-5+. The summed E-state index contributed by atoms with van der Waals surface area (Å²) in [6.45, 7) is 27.5. The van der Waals surface area contributed by atoms with Gasteiger partial charge in [0, 0.05) is 29.2 Å². The molecule has 3 heteroatoms. The van der Waals surface area contributed by atoms with Crippen molar-refractivity contribution in [1.82, 2.24) is 0 Å². The van der Waals surface area contributed by atoms with Crippen LogP contribution in [0.3, 0.4) is 0 Å². The Morgan fingerprint density at radius 1 is 0.724 bits per heavy atom.